The van der Waals surface area contributed by atoms with Crippen LogP contribution in [0.4, 0.5) is 5.69 Å². The van der Waals surface area contributed by atoms with Crippen molar-refractivity contribution in [3.63, 3.8) is 0 Å². The summed E-state index contributed by atoms with van der Waals surface area (Å²) in [5.74, 6) is 0.136. The molecule has 0 bridgehead atoms. The summed E-state index contributed by atoms with van der Waals surface area (Å²) in [7, 11) is 0. The summed E-state index contributed by atoms with van der Waals surface area (Å²) in [6.45, 7) is 7.29. The lowest BCUT2D eigenvalue weighted by molar-refractivity contribution is -0.139. The fraction of sp³-hybridized carbons (Fsp3) is 0.556. The Morgan fingerprint density at radius 3 is 2.73 bits per heavy atom. The average Bonchev–Trinajstić information content (AvgIpc) is 3.11. The molecule has 2 aliphatic heterocycles. The van der Waals surface area contributed by atoms with Gasteiger partial charge in [0, 0.05) is 24.7 Å². The Bertz CT molecular complexity index is 609. The third kappa shape index (κ3) is 2.51. The fourth-order valence-electron chi connectivity index (χ4n) is 3.52. The third-order valence-electron chi connectivity index (χ3n) is 4.72. The van der Waals surface area contributed by atoms with E-state index in [0.717, 1.165) is 31.5 Å². The SMILES string of the molecule is Cc1ccc2c(c1)N(C(=O)C1CCCN1C(=O)C(C)C)CC2. The molecule has 0 N–H and O–H groups in total. The van der Waals surface area contributed by atoms with Crippen LogP contribution in [0, 0.1) is 12.8 Å². The Labute approximate surface area is 132 Å². The average molecular weight is 300 g/mol. The van der Waals surface area contributed by atoms with Crippen molar-refractivity contribution in [2.75, 3.05) is 18.0 Å². The quantitative estimate of drug-likeness (QED) is 0.842. The van der Waals surface area contributed by atoms with Gasteiger partial charge < -0.3 is 9.80 Å². The molecule has 2 aliphatic rings. The van der Waals surface area contributed by atoms with Crippen LogP contribution in [0.2, 0.25) is 0 Å². The molecule has 2 heterocycles. The van der Waals surface area contributed by atoms with E-state index >= 15 is 0 Å². The van der Waals surface area contributed by atoms with E-state index in [2.05, 4.69) is 18.2 Å². The van der Waals surface area contributed by atoms with Crippen molar-refractivity contribution in [2.45, 2.75) is 46.1 Å². The molecule has 2 amide bonds. The van der Waals surface area contributed by atoms with E-state index in [1.54, 1.807) is 4.90 Å². The molecule has 0 saturated carbocycles. The van der Waals surface area contributed by atoms with Crippen LogP contribution in [0.15, 0.2) is 18.2 Å². The van der Waals surface area contributed by atoms with Crippen molar-refractivity contribution in [1.29, 1.82) is 0 Å². The molecule has 3 rings (SSSR count). The second kappa shape index (κ2) is 5.75. The van der Waals surface area contributed by atoms with Gasteiger partial charge in [-0.1, -0.05) is 26.0 Å². The van der Waals surface area contributed by atoms with Crippen molar-refractivity contribution in [1.82, 2.24) is 4.90 Å². The standard InChI is InChI=1S/C18H24N2O2/c1-12(2)17(21)19-9-4-5-15(19)18(22)20-10-8-14-7-6-13(3)11-16(14)20/h6-7,11-12,15H,4-5,8-10H2,1-3H3. The van der Waals surface area contributed by atoms with E-state index in [9.17, 15) is 9.59 Å². The van der Waals surface area contributed by atoms with E-state index in [1.807, 2.05) is 25.7 Å². The Morgan fingerprint density at radius 2 is 2.00 bits per heavy atom. The van der Waals surface area contributed by atoms with Crippen molar-refractivity contribution in [3.8, 4) is 0 Å². The number of amides is 2. The summed E-state index contributed by atoms with van der Waals surface area (Å²) in [6.07, 6.45) is 2.62. The first-order chi connectivity index (χ1) is 10.5. The number of rotatable bonds is 2. The zero-order valence-electron chi connectivity index (χ0n) is 13.6. The highest BCUT2D eigenvalue weighted by Crippen LogP contribution is 2.32. The van der Waals surface area contributed by atoms with Gasteiger partial charge in [0.25, 0.3) is 0 Å². The topological polar surface area (TPSA) is 40.6 Å². The van der Waals surface area contributed by atoms with Crippen LogP contribution in [0.5, 0.6) is 0 Å². The summed E-state index contributed by atoms with van der Waals surface area (Å²) < 4.78 is 0. The monoisotopic (exact) mass is 300 g/mol. The lowest BCUT2D eigenvalue weighted by atomic mass is 10.1. The molecule has 0 aromatic heterocycles. The van der Waals surface area contributed by atoms with Crippen LogP contribution in [0.3, 0.4) is 0 Å². The van der Waals surface area contributed by atoms with E-state index in [1.165, 1.54) is 11.1 Å². The second-order valence-corrected chi connectivity index (χ2v) is 6.72. The highest BCUT2D eigenvalue weighted by Gasteiger charge is 2.39. The van der Waals surface area contributed by atoms with Crippen molar-refractivity contribution in [3.05, 3.63) is 29.3 Å². The van der Waals surface area contributed by atoms with Crippen LogP contribution in [0.25, 0.3) is 0 Å². The molecule has 22 heavy (non-hydrogen) atoms. The molecule has 4 heteroatoms. The maximum atomic E-state index is 13.0. The Kier molecular flexibility index (Phi) is 3.94. The van der Waals surface area contributed by atoms with Crippen LogP contribution in [-0.4, -0.2) is 35.8 Å². The Balaban J connectivity index is 1.83. The molecular weight excluding hydrogens is 276 g/mol. The molecule has 0 spiro atoms. The van der Waals surface area contributed by atoms with E-state index < -0.39 is 0 Å². The number of benzene rings is 1. The first-order valence-electron chi connectivity index (χ1n) is 8.20. The molecule has 1 atom stereocenters. The molecule has 0 radical (unpaired) electrons. The Morgan fingerprint density at radius 1 is 1.23 bits per heavy atom. The summed E-state index contributed by atoms with van der Waals surface area (Å²) in [6, 6.07) is 6.02. The maximum Gasteiger partial charge on any atom is 0.249 e. The number of hydrogen-bond donors (Lipinski definition) is 0. The minimum absolute atomic E-state index is 0.0542. The van der Waals surface area contributed by atoms with Gasteiger partial charge in [-0.15, -0.1) is 0 Å². The van der Waals surface area contributed by atoms with Gasteiger partial charge in [-0.2, -0.15) is 0 Å². The number of hydrogen-bond acceptors (Lipinski definition) is 2. The minimum atomic E-state index is -0.277. The highest BCUT2D eigenvalue weighted by molar-refractivity contribution is 6.01. The number of aryl methyl sites for hydroxylation is 1. The molecule has 1 fully saturated rings. The van der Waals surface area contributed by atoms with Gasteiger partial charge >= 0.3 is 0 Å². The number of carbonyl (C=O) groups is 2. The van der Waals surface area contributed by atoms with Crippen molar-refractivity contribution >= 4 is 17.5 Å². The number of nitrogens with zero attached hydrogens (tertiary/aromatic N) is 2. The van der Waals surface area contributed by atoms with Gasteiger partial charge in [0.1, 0.15) is 6.04 Å². The van der Waals surface area contributed by atoms with Gasteiger partial charge in [-0.25, -0.2) is 0 Å². The van der Waals surface area contributed by atoms with Crippen molar-refractivity contribution in [2.24, 2.45) is 5.92 Å². The van der Waals surface area contributed by atoms with Crippen LogP contribution < -0.4 is 4.90 Å². The summed E-state index contributed by atoms with van der Waals surface area (Å²) in [5.41, 5.74) is 3.44. The molecule has 1 aromatic carbocycles. The summed E-state index contributed by atoms with van der Waals surface area (Å²) in [5, 5.41) is 0. The Hall–Kier alpha value is -1.84. The fourth-order valence-corrected chi connectivity index (χ4v) is 3.52. The maximum absolute atomic E-state index is 13.0. The first-order valence-corrected chi connectivity index (χ1v) is 8.20. The predicted molar refractivity (Wildman–Crippen MR) is 86.8 cm³/mol. The second-order valence-electron chi connectivity index (χ2n) is 6.72. The lowest BCUT2D eigenvalue weighted by Gasteiger charge is -2.29. The van der Waals surface area contributed by atoms with Crippen LogP contribution in [0.1, 0.15) is 37.8 Å². The van der Waals surface area contributed by atoms with Gasteiger partial charge in [0.05, 0.1) is 0 Å². The number of anilines is 1. The molecule has 0 aliphatic carbocycles. The molecule has 4 nitrogen and oxygen atoms in total. The van der Waals surface area contributed by atoms with E-state index in [-0.39, 0.29) is 23.8 Å². The number of carbonyl (C=O) groups excluding carboxylic acids is 2. The highest BCUT2D eigenvalue weighted by atomic mass is 16.2. The largest absolute Gasteiger partial charge is 0.330 e. The minimum Gasteiger partial charge on any atom is -0.330 e. The van der Waals surface area contributed by atoms with Crippen molar-refractivity contribution < 1.29 is 9.59 Å². The zero-order valence-corrected chi connectivity index (χ0v) is 13.6. The number of likely N-dealkylation sites (tertiary alicyclic amines) is 1. The third-order valence-corrected chi connectivity index (χ3v) is 4.72. The van der Waals surface area contributed by atoms with Gasteiger partial charge in [-0.05, 0) is 43.4 Å². The zero-order chi connectivity index (χ0) is 15.9. The van der Waals surface area contributed by atoms with E-state index in [0.29, 0.717) is 6.54 Å². The summed E-state index contributed by atoms with van der Waals surface area (Å²) in [4.78, 5) is 29.0. The molecule has 1 aromatic rings. The van der Waals surface area contributed by atoms with E-state index in [4.69, 9.17) is 0 Å². The normalized spacial score (nSPS) is 20.6. The van der Waals surface area contributed by atoms with Gasteiger partial charge in [0.15, 0.2) is 0 Å². The number of fused-ring (bicyclic) bond motifs is 1. The summed E-state index contributed by atoms with van der Waals surface area (Å²) >= 11 is 0. The van der Waals surface area contributed by atoms with Crippen LogP contribution >= 0.6 is 0 Å². The molecule has 1 saturated heterocycles. The smallest absolute Gasteiger partial charge is 0.249 e. The van der Waals surface area contributed by atoms with Gasteiger partial charge in [-0.3, -0.25) is 9.59 Å². The first kappa shape index (κ1) is 15.1. The predicted octanol–water partition coefficient (Wildman–Crippen LogP) is 2.53. The molecular formula is C18H24N2O2. The lowest BCUT2D eigenvalue weighted by Crippen LogP contribution is -2.48. The van der Waals surface area contributed by atoms with Crippen LogP contribution in [-0.2, 0) is 16.0 Å². The van der Waals surface area contributed by atoms with Gasteiger partial charge in [0.2, 0.25) is 11.8 Å². The molecule has 118 valence electrons. The molecule has 1 unspecified atom stereocenters.